The van der Waals surface area contributed by atoms with Crippen LogP contribution < -0.4 is 5.32 Å². The summed E-state index contributed by atoms with van der Waals surface area (Å²) in [5, 5.41) is 3.66. The Balaban J connectivity index is 1.64. The van der Waals surface area contributed by atoms with E-state index in [1.807, 2.05) is 18.3 Å². The van der Waals surface area contributed by atoms with Crippen molar-refractivity contribution in [2.24, 2.45) is 0 Å². The van der Waals surface area contributed by atoms with E-state index in [0.717, 1.165) is 49.7 Å². The summed E-state index contributed by atoms with van der Waals surface area (Å²) in [7, 11) is 0. The minimum Gasteiger partial charge on any atom is -0.379 e. The summed E-state index contributed by atoms with van der Waals surface area (Å²) in [5.41, 5.74) is 2.26. The number of nitrogens with one attached hydrogen (secondary N) is 1. The Hall–Kier alpha value is -1.34. The van der Waals surface area contributed by atoms with E-state index in [1.54, 1.807) is 6.20 Å². The molecule has 1 saturated heterocycles. The average Bonchev–Trinajstić information content (AvgIpc) is 2.82. The molecule has 0 radical (unpaired) electrons. The molecular weight excluding hydrogens is 370 g/mol. The number of ether oxygens (including phenoxy) is 1. The van der Waals surface area contributed by atoms with E-state index in [4.69, 9.17) is 16.3 Å². The van der Waals surface area contributed by atoms with Gasteiger partial charge in [0.25, 0.3) is 5.91 Å². The number of morpholine rings is 1. The number of carbonyl (C=O) groups excluding carboxylic acids is 1. The van der Waals surface area contributed by atoms with Crippen molar-refractivity contribution < 1.29 is 9.53 Å². The number of rotatable bonds is 5. The first-order valence-electron chi connectivity index (χ1n) is 8.90. The normalized spacial score (nSPS) is 19.5. The minimum atomic E-state index is -0.0932. The van der Waals surface area contributed by atoms with Gasteiger partial charge in [-0.05, 0) is 25.8 Å². The van der Waals surface area contributed by atoms with Gasteiger partial charge in [0, 0.05) is 54.1 Å². The maximum Gasteiger partial charge on any atom is 0.259 e. The van der Waals surface area contributed by atoms with Crippen molar-refractivity contribution in [2.75, 3.05) is 39.4 Å². The number of thioether (sulfide) groups is 1. The molecule has 0 spiro atoms. The molecule has 2 aliphatic heterocycles. The van der Waals surface area contributed by atoms with Gasteiger partial charge in [0.2, 0.25) is 0 Å². The molecule has 1 fully saturated rings. The Kier molecular flexibility index (Phi) is 7.14. The molecule has 0 aromatic carbocycles. The molecule has 0 unspecified atom stereocenters. The van der Waals surface area contributed by atoms with E-state index in [0.29, 0.717) is 22.9 Å². The number of carbonyl (C=O) groups is 1. The lowest BCUT2D eigenvalue weighted by Gasteiger charge is -2.26. The lowest BCUT2D eigenvalue weighted by molar-refractivity contribution is -0.116. The number of pyridine rings is 1. The van der Waals surface area contributed by atoms with Crippen molar-refractivity contribution in [1.82, 2.24) is 15.2 Å². The quantitative estimate of drug-likeness (QED) is 0.832. The SMILES string of the molecule is CC1=C(c2cccnc2)SC(C(=O)NCCN2CCOCC2)=C(Cl)CC1. The highest BCUT2D eigenvalue weighted by Gasteiger charge is 2.23. The van der Waals surface area contributed by atoms with Gasteiger partial charge < -0.3 is 10.1 Å². The van der Waals surface area contributed by atoms with E-state index in [-0.39, 0.29) is 5.91 Å². The molecule has 26 heavy (non-hydrogen) atoms. The molecule has 1 aromatic heterocycles. The lowest BCUT2D eigenvalue weighted by Crippen LogP contribution is -2.41. The highest BCUT2D eigenvalue weighted by Crippen LogP contribution is 2.43. The molecule has 3 heterocycles. The van der Waals surface area contributed by atoms with Gasteiger partial charge in [-0.15, -0.1) is 0 Å². The molecular formula is C19H24ClN3O2S. The molecule has 1 aromatic rings. The Morgan fingerprint density at radius 3 is 2.92 bits per heavy atom. The Bertz CT molecular complexity index is 700. The highest BCUT2D eigenvalue weighted by atomic mass is 35.5. The summed E-state index contributed by atoms with van der Waals surface area (Å²) in [6.45, 7) is 6.90. The van der Waals surface area contributed by atoms with Crippen LogP contribution in [0.4, 0.5) is 0 Å². The molecule has 0 saturated carbocycles. The van der Waals surface area contributed by atoms with Gasteiger partial charge >= 0.3 is 0 Å². The zero-order chi connectivity index (χ0) is 18.4. The predicted octanol–water partition coefficient (Wildman–Crippen LogP) is 3.24. The largest absolute Gasteiger partial charge is 0.379 e. The molecule has 7 heteroatoms. The lowest BCUT2D eigenvalue weighted by atomic mass is 10.1. The molecule has 0 atom stereocenters. The van der Waals surface area contributed by atoms with Crippen LogP contribution in [0.5, 0.6) is 0 Å². The summed E-state index contributed by atoms with van der Waals surface area (Å²) in [4.78, 5) is 20.9. The van der Waals surface area contributed by atoms with E-state index in [9.17, 15) is 4.79 Å². The zero-order valence-corrected chi connectivity index (χ0v) is 16.5. The first-order chi connectivity index (χ1) is 12.6. The zero-order valence-electron chi connectivity index (χ0n) is 15.0. The summed E-state index contributed by atoms with van der Waals surface area (Å²) < 4.78 is 5.35. The monoisotopic (exact) mass is 393 g/mol. The Labute approximate surface area is 163 Å². The van der Waals surface area contributed by atoms with Gasteiger partial charge in [-0.25, -0.2) is 0 Å². The third kappa shape index (κ3) is 5.10. The summed E-state index contributed by atoms with van der Waals surface area (Å²) in [5.74, 6) is -0.0932. The second kappa shape index (κ2) is 9.55. The number of halogens is 1. The standard InChI is InChI=1S/C19H24ClN3O2S/c1-14-4-5-16(20)18(26-17(14)15-3-2-6-21-13-15)19(24)22-7-8-23-9-11-25-12-10-23/h2-3,6,13H,4-5,7-12H2,1H3,(H,22,24). The fourth-order valence-electron chi connectivity index (χ4n) is 2.97. The Morgan fingerprint density at radius 2 is 2.19 bits per heavy atom. The number of hydrogen-bond acceptors (Lipinski definition) is 5. The Morgan fingerprint density at radius 1 is 1.38 bits per heavy atom. The van der Waals surface area contributed by atoms with E-state index in [2.05, 4.69) is 22.1 Å². The van der Waals surface area contributed by atoms with Crippen molar-refractivity contribution in [2.45, 2.75) is 19.8 Å². The van der Waals surface area contributed by atoms with Crippen LogP contribution in [-0.2, 0) is 9.53 Å². The topological polar surface area (TPSA) is 54.5 Å². The van der Waals surface area contributed by atoms with Gasteiger partial charge in [0.15, 0.2) is 0 Å². The van der Waals surface area contributed by atoms with E-state index in [1.165, 1.54) is 17.3 Å². The van der Waals surface area contributed by atoms with Crippen LogP contribution in [0.2, 0.25) is 0 Å². The van der Waals surface area contributed by atoms with Crippen LogP contribution in [0.25, 0.3) is 4.91 Å². The predicted molar refractivity (Wildman–Crippen MR) is 107 cm³/mol. The number of nitrogens with zero attached hydrogens (tertiary/aromatic N) is 2. The molecule has 140 valence electrons. The fourth-order valence-corrected chi connectivity index (χ4v) is 4.37. The number of aromatic nitrogens is 1. The number of allylic oxidation sites excluding steroid dienone is 2. The third-order valence-corrected chi connectivity index (χ3v) is 6.42. The first-order valence-corrected chi connectivity index (χ1v) is 10.1. The number of hydrogen-bond donors (Lipinski definition) is 1. The van der Waals surface area contributed by atoms with Crippen LogP contribution >= 0.6 is 23.4 Å². The van der Waals surface area contributed by atoms with Gasteiger partial charge in [0.05, 0.1) is 18.1 Å². The van der Waals surface area contributed by atoms with Gasteiger partial charge in [-0.3, -0.25) is 14.7 Å². The molecule has 5 nitrogen and oxygen atoms in total. The fraction of sp³-hybridized carbons (Fsp3) is 0.474. The summed E-state index contributed by atoms with van der Waals surface area (Å²) in [6, 6.07) is 3.93. The third-order valence-electron chi connectivity index (χ3n) is 4.50. The average molecular weight is 394 g/mol. The molecule has 0 aliphatic carbocycles. The second-order valence-corrected chi connectivity index (χ2v) is 7.87. The smallest absolute Gasteiger partial charge is 0.259 e. The van der Waals surface area contributed by atoms with Crippen molar-refractivity contribution in [3.63, 3.8) is 0 Å². The second-order valence-electron chi connectivity index (χ2n) is 6.40. The van der Waals surface area contributed by atoms with Crippen molar-refractivity contribution in [1.29, 1.82) is 0 Å². The van der Waals surface area contributed by atoms with Crippen LogP contribution in [-0.4, -0.2) is 55.2 Å². The van der Waals surface area contributed by atoms with Gasteiger partial charge in [-0.1, -0.05) is 35.0 Å². The van der Waals surface area contributed by atoms with Crippen LogP contribution in [0.3, 0.4) is 0 Å². The van der Waals surface area contributed by atoms with E-state index < -0.39 is 0 Å². The van der Waals surface area contributed by atoms with Crippen molar-refractivity contribution in [3.05, 3.63) is 45.6 Å². The minimum absolute atomic E-state index is 0.0932. The van der Waals surface area contributed by atoms with Crippen LogP contribution in [0, 0.1) is 0 Å². The van der Waals surface area contributed by atoms with Gasteiger partial charge in [0.1, 0.15) is 0 Å². The van der Waals surface area contributed by atoms with Crippen molar-refractivity contribution in [3.8, 4) is 0 Å². The molecule has 1 amide bonds. The number of amides is 1. The summed E-state index contributed by atoms with van der Waals surface area (Å²) >= 11 is 7.91. The molecule has 3 rings (SSSR count). The van der Waals surface area contributed by atoms with Gasteiger partial charge in [-0.2, -0.15) is 0 Å². The summed E-state index contributed by atoms with van der Waals surface area (Å²) in [6.07, 6.45) is 5.12. The maximum absolute atomic E-state index is 12.7. The highest BCUT2D eigenvalue weighted by molar-refractivity contribution is 8.12. The van der Waals surface area contributed by atoms with Crippen LogP contribution in [0.15, 0.2) is 40.0 Å². The molecule has 0 bridgehead atoms. The molecule has 2 aliphatic rings. The maximum atomic E-state index is 12.7. The van der Waals surface area contributed by atoms with Crippen LogP contribution in [0.1, 0.15) is 25.3 Å². The molecule has 1 N–H and O–H groups in total. The first kappa shape index (κ1) is 19.4. The van der Waals surface area contributed by atoms with Crippen molar-refractivity contribution >= 4 is 34.2 Å². The van der Waals surface area contributed by atoms with E-state index >= 15 is 0 Å².